The summed E-state index contributed by atoms with van der Waals surface area (Å²) >= 11 is 0. The van der Waals surface area contributed by atoms with Crippen LogP contribution in [0.4, 0.5) is 0 Å². The first-order valence-electron chi connectivity index (χ1n) is 6.69. The van der Waals surface area contributed by atoms with Crippen LogP contribution in [0.2, 0.25) is 0 Å². The molecule has 0 spiro atoms. The maximum Gasteiger partial charge on any atom is 0.309 e. The van der Waals surface area contributed by atoms with E-state index < -0.39 is 11.9 Å². The van der Waals surface area contributed by atoms with E-state index in [1.165, 1.54) is 0 Å². The lowest BCUT2D eigenvalue weighted by molar-refractivity contribution is -0.151. The van der Waals surface area contributed by atoms with E-state index in [2.05, 4.69) is 0 Å². The molecule has 1 aromatic carbocycles. The van der Waals surface area contributed by atoms with Crippen LogP contribution in [0.15, 0.2) is 24.3 Å². The number of rotatable bonds is 4. The topological polar surface area (TPSA) is 55.8 Å². The molecular weight excluding hydrogens is 244 g/mol. The molecule has 4 nitrogen and oxygen atoms in total. The smallest absolute Gasteiger partial charge is 0.309 e. The first-order chi connectivity index (χ1) is 9.08. The molecule has 0 amide bonds. The highest BCUT2D eigenvalue weighted by molar-refractivity contribution is 5.71. The highest BCUT2D eigenvalue weighted by atomic mass is 16.5. The number of carbonyl (C=O) groups is 1. The third kappa shape index (κ3) is 3.47. The van der Waals surface area contributed by atoms with Crippen molar-refractivity contribution in [3.63, 3.8) is 0 Å². The number of carboxylic acid groups (broad SMARTS) is 1. The zero-order valence-electron chi connectivity index (χ0n) is 11.3. The van der Waals surface area contributed by atoms with Crippen LogP contribution in [-0.4, -0.2) is 23.8 Å². The van der Waals surface area contributed by atoms with Crippen molar-refractivity contribution in [1.82, 2.24) is 0 Å². The van der Waals surface area contributed by atoms with Gasteiger partial charge in [-0.3, -0.25) is 4.79 Å². The van der Waals surface area contributed by atoms with E-state index in [0.29, 0.717) is 13.0 Å². The van der Waals surface area contributed by atoms with Gasteiger partial charge in [0.2, 0.25) is 0 Å². The molecular formula is C15H20O4. The van der Waals surface area contributed by atoms with Gasteiger partial charge in [0.1, 0.15) is 5.75 Å². The molecule has 2 unspecified atom stereocenters. The highest BCUT2D eigenvalue weighted by Gasteiger charge is 2.33. The molecule has 1 aliphatic heterocycles. The lowest BCUT2D eigenvalue weighted by Gasteiger charge is -2.29. The van der Waals surface area contributed by atoms with Gasteiger partial charge < -0.3 is 14.6 Å². The third-order valence-electron chi connectivity index (χ3n) is 3.20. The molecule has 1 fully saturated rings. The molecule has 4 heteroatoms. The van der Waals surface area contributed by atoms with Crippen molar-refractivity contribution in [3.8, 4) is 5.75 Å². The number of hydrogen-bond acceptors (Lipinski definition) is 3. The van der Waals surface area contributed by atoms with Crippen LogP contribution < -0.4 is 4.74 Å². The average Bonchev–Trinajstić information content (AvgIpc) is 2.38. The maximum absolute atomic E-state index is 11.3. The van der Waals surface area contributed by atoms with E-state index in [4.69, 9.17) is 9.47 Å². The molecule has 0 aromatic heterocycles. The fourth-order valence-electron chi connectivity index (χ4n) is 2.40. The van der Waals surface area contributed by atoms with E-state index in [1.807, 2.05) is 38.1 Å². The van der Waals surface area contributed by atoms with Crippen LogP contribution in [0.5, 0.6) is 5.75 Å². The quantitative estimate of drug-likeness (QED) is 0.908. The van der Waals surface area contributed by atoms with Crippen molar-refractivity contribution in [2.24, 2.45) is 5.92 Å². The molecule has 1 heterocycles. The SMILES string of the molecule is CC(C)Oc1cccc(C2OCCCC2C(=O)O)c1. The van der Waals surface area contributed by atoms with Crippen LogP contribution >= 0.6 is 0 Å². The minimum Gasteiger partial charge on any atom is -0.491 e. The van der Waals surface area contributed by atoms with E-state index in [9.17, 15) is 9.90 Å². The van der Waals surface area contributed by atoms with Crippen molar-refractivity contribution < 1.29 is 19.4 Å². The minimum atomic E-state index is -0.792. The number of ether oxygens (including phenoxy) is 2. The van der Waals surface area contributed by atoms with Gasteiger partial charge >= 0.3 is 5.97 Å². The molecule has 104 valence electrons. The van der Waals surface area contributed by atoms with Crippen LogP contribution in [0.1, 0.15) is 38.4 Å². The van der Waals surface area contributed by atoms with Gasteiger partial charge in [-0.05, 0) is 44.4 Å². The lowest BCUT2D eigenvalue weighted by atomic mass is 9.89. The molecule has 1 aliphatic rings. The number of aliphatic carboxylic acids is 1. The molecule has 0 aliphatic carbocycles. The van der Waals surface area contributed by atoms with Gasteiger partial charge in [-0.1, -0.05) is 12.1 Å². The Morgan fingerprint density at radius 2 is 2.26 bits per heavy atom. The zero-order chi connectivity index (χ0) is 13.8. The van der Waals surface area contributed by atoms with Crippen LogP contribution in [-0.2, 0) is 9.53 Å². The second-order valence-corrected chi connectivity index (χ2v) is 5.12. The van der Waals surface area contributed by atoms with Crippen LogP contribution in [0.25, 0.3) is 0 Å². The summed E-state index contributed by atoms with van der Waals surface area (Å²) in [4.78, 5) is 11.3. The average molecular weight is 264 g/mol. The van der Waals surface area contributed by atoms with Crippen molar-refractivity contribution in [1.29, 1.82) is 0 Å². The summed E-state index contributed by atoms with van der Waals surface area (Å²) in [5.74, 6) is -0.506. The molecule has 1 aromatic rings. The fraction of sp³-hybridized carbons (Fsp3) is 0.533. The third-order valence-corrected chi connectivity index (χ3v) is 3.20. The normalized spacial score (nSPS) is 23.3. The van der Waals surface area contributed by atoms with Gasteiger partial charge in [-0.25, -0.2) is 0 Å². The van der Waals surface area contributed by atoms with Crippen LogP contribution in [0.3, 0.4) is 0 Å². The molecule has 1 saturated heterocycles. The van der Waals surface area contributed by atoms with E-state index in [-0.39, 0.29) is 12.2 Å². The minimum absolute atomic E-state index is 0.0952. The van der Waals surface area contributed by atoms with Crippen molar-refractivity contribution in [3.05, 3.63) is 29.8 Å². The number of hydrogen-bond donors (Lipinski definition) is 1. The molecule has 19 heavy (non-hydrogen) atoms. The number of carboxylic acids is 1. The van der Waals surface area contributed by atoms with Gasteiger partial charge in [0, 0.05) is 6.61 Å². The summed E-state index contributed by atoms with van der Waals surface area (Å²) in [7, 11) is 0. The molecule has 2 atom stereocenters. The predicted molar refractivity (Wildman–Crippen MR) is 71.3 cm³/mol. The van der Waals surface area contributed by atoms with Crippen molar-refractivity contribution in [2.45, 2.75) is 38.9 Å². The van der Waals surface area contributed by atoms with Gasteiger partial charge in [-0.15, -0.1) is 0 Å². The van der Waals surface area contributed by atoms with Crippen LogP contribution in [0, 0.1) is 5.92 Å². The Kier molecular flexibility index (Phi) is 4.43. The maximum atomic E-state index is 11.3. The largest absolute Gasteiger partial charge is 0.491 e. The molecule has 0 saturated carbocycles. The summed E-state index contributed by atoms with van der Waals surface area (Å²) in [5.41, 5.74) is 0.880. The lowest BCUT2D eigenvalue weighted by Crippen LogP contribution is -2.28. The Morgan fingerprint density at radius 3 is 2.95 bits per heavy atom. The van der Waals surface area contributed by atoms with Crippen molar-refractivity contribution >= 4 is 5.97 Å². The van der Waals surface area contributed by atoms with Gasteiger partial charge in [0.15, 0.2) is 0 Å². The Hall–Kier alpha value is -1.55. The fourth-order valence-corrected chi connectivity index (χ4v) is 2.40. The monoisotopic (exact) mass is 264 g/mol. The number of benzene rings is 1. The standard InChI is InChI=1S/C15H20O4/c1-10(2)19-12-6-3-5-11(9-12)14-13(15(16)17)7-4-8-18-14/h3,5-6,9-10,13-14H,4,7-8H2,1-2H3,(H,16,17). The summed E-state index contributed by atoms with van der Waals surface area (Å²) in [6.45, 7) is 4.54. The van der Waals surface area contributed by atoms with Gasteiger partial charge in [-0.2, -0.15) is 0 Å². The second kappa shape index (κ2) is 6.06. The molecule has 0 radical (unpaired) electrons. The summed E-state index contributed by atoms with van der Waals surface area (Å²) in [5, 5.41) is 9.27. The predicted octanol–water partition coefficient (Wildman–Crippen LogP) is 3.03. The highest BCUT2D eigenvalue weighted by Crippen LogP contribution is 2.35. The summed E-state index contributed by atoms with van der Waals surface area (Å²) in [6, 6.07) is 7.54. The van der Waals surface area contributed by atoms with Gasteiger partial charge in [0.25, 0.3) is 0 Å². The first kappa shape index (κ1) is 13.9. The zero-order valence-corrected chi connectivity index (χ0v) is 11.3. The summed E-state index contributed by atoms with van der Waals surface area (Å²) in [6.07, 6.45) is 1.19. The van der Waals surface area contributed by atoms with Gasteiger partial charge in [0.05, 0.1) is 18.1 Å². The molecule has 0 bridgehead atoms. The van der Waals surface area contributed by atoms with Crippen molar-refractivity contribution in [2.75, 3.05) is 6.61 Å². The molecule has 2 rings (SSSR count). The van der Waals surface area contributed by atoms with E-state index in [1.54, 1.807) is 0 Å². The first-order valence-corrected chi connectivity index (χ1v) is 6.69. The Morgan fingerprint density at radius 1 is 1.47 bits per heavy atom. The molecule has 1 N–H and O–H groups in total. The summed E-state index contributed by atoms with van der Waals surface area (Å²) < 4.78 is 11.3. The van der Waals surface area contributed by atoms with E-state index in [0.717, 1.165) is 17.7 Å². The Balaban J connectivity index is 2.21. The van der Waals surface area contributed by atoms with E-state index >= 15 is 0 Å². The second-order valence-electron chi connectivity index (χ2n) is 5.12. The Bertz CT molecular complexity index is 442. The Labute approximate surface area is 113 Å².